The van der Waals surface area contributed by atoms with Gasteiger partial charge in [-0.05, 0) is 69.4 Å². The van der Waals surface area contributed by atoms with Crippen molar-refractivity contribution in [1.82, 2.24) is 15.1 Å². The van der Waals surface area contributed by atoms with Gasteiger partial charge in [0.25, 0.3) is 5.91 Å². The van der Waals surface area contributed by atoms with E-state index in [2.05, 4.69) is 16.0 Å². The lowest BCUT2D eigenvalue weighted by molar-refractivity contribution is -0.137. The average Bonchev–Trinajstić information content (AvgIpc) is 3.07. The van der Waals surface area contributed by atoms with Gasteiger partial charge in [0.2, 0.25) is 0 Å². The van der Waals surface area contributed by atoms with Gasteiger partial charge in [0, 0.05) is 24.8 Å². The number of benzene rings is 2. The number of amides is 5. The number of anilines is 2. The molecule has 2 atom stereocenters. The van der Waals surface area contributed by atoms with Gasteiger partial charge in [-0.3, -0.25) is 14.5 Å². The number of ether oxygens (including phenoxy) is 1. The number of urea groups is 2. The van der Waals surface area contributed by atoms with Crippen molar-refractivity contribution in [3.8, 4) is 5.75 Å². The van der Waals surface area contributed by atoms with Crippen molar-refractivity contribution >= 4 is 47.7 Å². The monoisotopic (exact) mass is 617 g/mol. The predicted octanol–water partition coefficient (Wildman–Crippen LogP) is 5.48. The Morgan fingerprint density at radius 1 is 1.02 bits per heavy atom. The summed E-state index contributed by atoms with van der Waals surface area (Å²) < 4.78 is 5.54. The van der Waals surface area contributed by atoms with Crippen molar-refractivity contribution in [3.05, 3.63) is 53.6 Å². The van der Waals surface area contributed by atoms with Crippen molar-refractivity contribution in [3.63, 3.8) is 0 Å². The molecule has 1 heterocycles. The molecule has 0 saturated carbocycles. The Hall–Kier alpha value is -3.83. The molecule has 1 saturated heterocycles. The van der Waals surface area contributed by atoms with Gasteiger partial charge >= 0.3 is 18.0 Å². The SMILES string of the molecule is COc1cc(CN2C(=O)N([C@H](CN[C@H](C)CC(=O)O)CC(C)C)C(=O)C2(C)C)ccc1NC(=O)Nc1ccccc1C.Cl. The van der Waals surface area contributed by atoms with Crippen LogP contribution in [0.3, 0.4) is 0 Å². The van der Waals surface area contributed by atoms with Gasteiger partial charge in [0.1, 0.15) is 11.3 Å². The molecule has 2 aromatic carbocycles. The predicted molar refractivity (Wildman–Crippen MR) is 169 cm³/mol. The normalized spacial score (nSPS) is 15.6. The number of carboxylic acids is 1. The van der Waals surface area contributed by atoms with Crippen LogP contribution in [0.25, 0.3) is 0 Å². The molecule has 43 heavy (non-hydrogen) atoms. The minimum atomic E-state index is -1.10. The Labute approximate surface area is 259 Å². The quantitative estimate of drug-likeness (QED) is 0.218. The van der Waals surface area contributed by atoms with E-state index in [9.17, 15) is 19.2 Å². The van der Waals surface area contributed by atoms with Crippen LogP contribution < -0.4 is 20.7 Å². The summed E-state index contributed by atoms with van der Waals surface area (Å²) in [5.41, 5.74) is 1.70. The van der Waals surface area contributed by atoms with Crippen LogP contribution in [-0.4, -0.2) is 70.1 Å². The van der Waals surface area contributed by atoms with Crippen LogP contribution in [0.2, 0.25) is 0 Å². The molecular weight excluding hydrogens is 574 g/mol. The van der Waals surface area contributed by atoms with Crippen molar-refractivity contribution in [1.29, 1.82) is 0 Å². The maximum absolute atomic E-state index is 13.8. The van der Waals surface area contributed by atoms with E-state index in [1.807, 2.05) is 45.0 Å². The van der Waals surface area contributed by atoms with Gasteiger partial charge < -0.3 is 30.7 Å². The van der Waals surface area contributed by atoms with Gasteiger partial charge in [-0.15, -0.1) is 12.4 Å². The Balaban J connectivity index is 0.00000645. The lowest BCUT2D eigenvalue weighted by Crippen LogP contribution is -2.49. The molecule has 0 spiro atoms. The van der Waals surface area contributed by atoms with E-state index in [1.54, 1.807) is 39.0 Å². The number of aliphatic carboxylic acids is 1. The molecule has 4 N–H and O–H groups in total. The molecule has 1 fully saturated rings. The molecule has 1 aliphatic rings. The fourth-order valence-corrected chi connectivity index (χ4v) is 5.06. The second kappa shape index (κ2) is 15.1. The van der Waals surface area contributed by atoms with E-state index < -0.39 is 29.6 Å². The topological polar surface area (TPSA) is 140 Å². The molecule has 236 valence electrons. The summed E-state index contributed by atoms with van der Waals surface area (Å²) >= 11 is 0. The number of carbonyl (C=O) groups is 4. The van der Waals surface area contributed by atoms with Crippen LogP contribution in [-0.2, 0) is 16.1 Å². The number of carboxylic acid groups (broad SMARTS) is 1. The molecule has 0 bridgehead atoms. The standard InChI is InChI=1S/C31H43N5O6.ClH/c1-19(2)14-23(17-32-21(4)15-27(37)38)36-28(39)31(5,6)35(30(36)41)18-22-12-13-25(26(16-22)42-7)34-29(40)33-24-11-9-8-10-20(24)3;/h8-13,16,19,21,23,32H,14-15,17-18H2,1-7H3,(H,37,38)(H2,33,34,40);1H/t21-,23+;/m1./s1. The van der Waals surface area contributed by atoms with Crippen LogP contribution in [0.5, 0.6) is 5.75 Å². The fourth-order valence-electron chi connectivity index (χ4n) is 5.06. The van der Waals surface area contributed by atoms with E-state index in [0.29, 0.717) is 30.1 Å². The highest BCUT2D eigenvalue weighted by Gasteiger charge is 2.53. The van der Waals surface area contributed by atoms with Crippen LogP contribution >= 0.6 is 12.4 Å². The van der Waals surface area contributed by atoms with E-state index in [1.165, 1.54) is 16.9 Å². The highest BCUT2D eigenvalue weighted by Crippen LogP contribution is 2.34. The fraction of sp³-hybridized carbons (Fsp3) is 0.484. The molecule has 0 radical (unpaired) electrons. The summed E-state index contributed by atoms with van der Waals surface area (Å²) in [5.74, 6) is -0.602. The van der Waals surface area contributed by atoms with Gasteiger partial charge in [-0.1, -0.05) is 38.1 Å². The number of nitrogens with one attached hydrogen (secondary N) is 3. The van der Waals surface area contributed by atoms with E-state index in [-0.39, 0.29) is 43.2 Å². The number of rotatable bonds is 13. The van der Waals surface area contributed by atoms with Crippen molar-refractivity contribution < 1.29 is 29.0 Å². The Morgan fingerprint density at radius 2 is 1.67 bits per heavy atom. The summed E-state index contributed by atoms with van der Waals surface area (Å²) in [7, 11) is 1.49. The molecule has 0 aliphatic carbocycles. The molecule has 1 aliphatic heterocycles. The average molecular weight is 618 g/mol. The Morgan fingerprint density at radius 3 is 2.28 bits per heavy atom. The first-order valence-electron chi connectivity index (χ1n) is 14.2. The van der Waals surface area contributed by atoms with Crippen molar-refractivity contribution in [2.75, 3.05) is 24.3 Å². The Bertz CT molecular complexity index is 1320. The lowest BCUT2D eigenvalue weighted by atomic mass is 9.99. The molecule has 3 rings (SSSR count). The largest absolute Gasteiger partial charge is 0.495 e. The first-order valence-corrected chi connectivity index (χ1v) is 14.2. The van der Waals surface area contributed by atoms with Crippen molar-refractivity contribution in [2.24, 2.45) is 5.92 Å². The van der Waals surface area contributed by atoms with Gasteiger partial charge in [-0.25, -0.2) is 9.59 Å². The van der Waals surface area contributed by atoms with Gasteiger partial charge in [-0.2, -0.15) is 0 Å². The van der Waals surface area contributed by atoms with E-state index in [4.69, 9.17) is 9.84 Å². The van der Waals surface area contributed by atoms with E-state index >= 15 is 0 Å². The molecule has 11 nitrogen and oxygen atoms in total. The maximum Gasteiger partial charge on any atom is 0.328 e. The first kappa shape index (κ1) is 35.4. The van der Waals surface area contributed by atoms with Crippen LogP contribution in [0.1, 0.15) is 58.6 Å². The summed E-state index contributed by atoms with van der Waals surface area (Å²) in [6.07, 6.45) is 0.515. The highest BCUT2D eigenvalue weighted by molar-refractivity contribution is 6.07. The number of methoxy groups -OCH3 is 1. The second-order valence-electron chi connectivity index (χ2n) is 11.7. The zero-order valence-corrected chi connectivity index (χ0v) is 26.7. The van der Waals surface area contributed by atoms with Crippen LogP contribution in [0.15, 0.2) is 42.5 Å². The molecule has 12 heteroatoms. The lowest BCUT2D eigenvalue weighted by Gasteiger charge is -2.29. The third-order valence-corrected chi connectivity index (χ3v) is 7.39. The first-order chi connectivity index (χ1) is 19.7. The highest BCUT2D eigenvalue weighted by atomic mass is 35.5. The van der Waals surface area contributed by atoms with Gasteiger partial charge in [0.05, 0.1) is 25.3 Å². The van der Waals surface area contributed by atoms with Crippen LogP contribution in [0, 0.1) is 12.8 Å². The number of aryl methyl sites for hydroxylation is 1. The third-order valence-electron chi connectivity index (χ3n) is 7.39. The molecule has 0 unspecified atom stereocenters. The van der Waals surface area contributed by atoms with Crippen LogP contribution in [0.4, 0.5) is 21.0 Å². The third kappa shape index (κ3) is 8.84. The summed E-state index contributed by atoms with van der Waals surface area (Å²) in [5, 5.41) is 17.9. The zero-order valence-electron chi connectivity index (χ0n) is 25.9. The molecule has 0 aromatic heterocycles. The number of para-hydroxylation sites is 1. The minimum absolute atomic E-state index is 0. The molecule has 2 aromatic rings. The minimum Gasteiger partial charge on any atom is -0.495 e. The molecule has 5 amide bonds. The van der Waals surface area contributed by atoms with Crippen molar-refractivity contribution in [2.45, 2.75) is 78.6 Å². The summed E-state index contributed by atoms with van der Waals surface area (Å²) in [6.45, 7) is 11.6. The number of hydrogen-bond donors (Lipinski definition) is 4. The summed E-state index contributed by atoms with van der Waals surface area (Å²) in [6, 6.07) is 11.1. The molecular formula is C31H44ClN5O6. The van der Waals surface area contributed by atoms with Gasteiger partial charge in [0.15, 0.2) is 0 Å². The number of hydrogen-bond acceptors (Lipinski definition) is 6. The van der Waals surface area contributed by atoms with E-state index in [0.717, 1.165) is 11.1 Å². The second-order valence-corrected chi connectivity index (χ2v) is 11.7. The smallest absolute Gasteiger partial charge is 0.328 e. The maximum atomic E-state index is 13.8. The number of nitrogens with zero attached hydrogens (tertiary/aromatic N) is 2. The zero-order chi connectivity index (χ0) is 31.2. The summed E-state index contributed by atoms with van der Waals surface area (Å²) in [4.78, 5) is 54.0. The number of imide groups is 1. The Kier molecular flexibility index (Phi) is 12.4. The number of carbonyl (C=O) groups excluding carboxylic acids is 3. The number of halogens is 1.